The zero-order valence-electron chi connectivity index (χ0n) is 23.3. The molecular formula is C30H38N2O8. The summed E-state index contributed by atoms with van der Waals surface area (Å²) in [5.74, 6) is -4.07. The van der Waals surface area contributed by atoms with Gasteiger partial charge in [-0.05, 0) is 71.8 Å². The van der Waals surface area contributed by atoms with Crippen LogP contribution in [-0.2, 0) is 12.8 Å². The fraction of sp³-hybridized carbons (Fsp3) is 0.267. The van der Waals surface area contributed by atoms with E-state index >= 15 is 0 Å². The van der Waals surface area contributed by atoms with E-state index in [1.807, 2.05) is 12.1 Å². The lowest BCUT2D eigenvalue weighted by atomic mass is 9.99. The molecule has 4 rings (SSSR count). The van der Waals surface area contributed by atoms with Crippen LogP contribution in [0.25, 0.3) is 21.5 Å². The van der Waals surface area contributed by atoms with Crippen LogP contribution in [0.5, 0.6) is 23.0 Å². The standard InChI is InChI=1S/2C15H16O4.2H3N/c2*1-2-3-4-9-5-6-10-11(7-9)13(16)8-12(14(10)17)15(18)19;;/h2*5-8,16-17H,2-4H2,1H3,(H,18,19);2*1H3. The Labute approximate surface area is 232 Å². The molecule has 0 aliphatic rings. The van der Waals surface area contributed by atoms with Gasteiger partial charge in [0.1, 0.15) is 11.5 Å². The number of benzene rings is 4. The lowest BCUT2D eigenvalue weighted by Gasteiger charge is -2.16. The molecule has 0 bridgehead atoms. The average Bonchev–Trinajstić information content (AvgIpc) is 2.90. The van der Waals surface area contributed by atoms with Crippen molar-refractivity contribution in [2.75, 3.05) is 0 Å². The number of quaternary nitrogens is 2. The Hall–Kier alpha value is -4.54. The summed E-state index contributed by atoms with van der Waals surface area (Å²) in [4.78, 5) is 21.8. The molecule has 10 heteroatoms. The van der Waals surface area contributed by atoms with Gasteiger partial charge in [0.2, 0.25) is 0 Å². The molecule has 0 radical (unpaired) electrons. The van der Waals surface area contributed by atoms with Crippen molar-refractivity contribution in [1.82, 2.24) is 12.3 Å². The molecular weight excluding hydrogens is 516 g/mol. The maximum Gasteiger partial charge on any atom is 0.335 e. The van der Waals surface area contributed by atoms with Crippen LogP contribution in [-0.4, -0.2) is 32.4 Å². The number of carbonyl (C=O) groups is 2. The summed E-state index contributed by atoms with van der Waals surface area (Å²) in [5, 5.41) is 62.8. The van der Waals surface area contributed by atoms with Crippen LogP contribution in [0.1, 0.15) is 71.4 Å². The number of aromatic carboxylic acids is 2. The third-order valence-electron chi connectivity index (χ3n) is 6.36. The minimum absolute atomic E-state index is 0. The van der Waals surface area contributed by atoms with Gasteiger partial charge in [0.25, 0.3) is 0 Å². The van der Waals surface area contributed by atoms with Crippen LogP contribution in [0, 0.1) is 0 Å². The number of aryl methyl sites for hydroxylation is 2. The summed E-state index contributed by atoms with van der Waals surface area (Å²) in [6.45, 7) is 4.18. The van der Waals surface area contributed by atoms with Crippen LogP contribution < -0.4 is 22.5 Å². The van der Waals surface area contributed by atoms with Gasteiger partial charge in [-0.3, -0.25) is 0 Å². The molecule has 0 fully saturated rings. The van der Waals surface area contributed by atoms with Crippen LogP contribution in [0.4, 0.5) is 0 Å². The second kappa shape index (κ2) is 14.6. The fourth-order valence-corrected chi connectivity index (χ4v) is 4.24. The number of carboxylic acids is 2. The maximum absolute atomic E-state index is 12.0. The zero-order valence-corrected chi connectivity index (χ0v) is 23.3. The van der Waals surface area contributed by atoms with Gasteiger partial charge in [0, 0.05) is 10.8 Å². The molecule has 0 atom stereocenters. The monoisotopic (exact) mass is 554 g/mol. The minimum Gasteiger partial charge on any atom is -0.871 e. The van der Waals surface area contributed by atoms with Crippen LogP contribution in [0.15, 0.2) is 48.5 Å². The Balaban J connectivity index is 0.000000381. The van der Waals surface area contributed by atoms with E-state index in [-0.39, 0.29) is 34.6 Å². The number of rotatable bonds is 8. The normalized spacial score (nSPS) is 10.2. The van der Waals surface area contributed by atoms with Crippen molar-refractivity contribution in [2.24, 2.45) is 0 Å². The van der Waals surface area contributed by atoms with Crippen molar-refractivity contribution < 1.29 is 40.2 Å². The number of hydrogen-bond acceptors (Lipinski definition) is 6. The molecule has 0 saturated carbocycles. The molecule has 0 spiro atoms. The van der Waals surface area contributed by atoms with Gasteiger partial charge >= 0.3 is 11.9 Å². The van der Waals surface area contributed by atoms with E-state index in [4.69, 9.17) is 10.2 Å². The second-order valence-corrected chi connectivity index (χ2v) is 9.12. The topological polar surface area (TPSA) is 234 Å². The Morgan fingerprint density at radius 1 is 0.625 bits per heavy atom. The zero-order chi connectivity index (χ0) is 28.0. The smallest absolute Gasteiger partial charge is 0.335 e. The highest BCUT2D eigenvalue weighted by molar-refractivity contribution is 6.03. The maximum atomic E-state index is 12.0. The first kappa shape index (κ1) is 33.5. The van der Waals surface area contributed by atoms with Crippen molar-refractivity contribution in [2.45, 2.75) is 52.4 Å². The Kier molecular flexibility index (Phi) is 12.2. The van der Waals surface area contributed by atoms with Crippen molar-refractivity contribution in [3.63, 3.8) is 0 Å². The molecule has 0 unspecified atom stereocenters. The van der Waals surface area contributed by atoms with Crippen molar-refractivity contribution in [3.05, 3.63) is 70.8 Å². The van der Waals surface area contributed by atoms with Crippen molar-refractivity contribution in [1.29, 1.82) is 0 Å². The molecule has 0 saturated heterocycles. The molecule has 0 amide bonds. The molecule has 216 valence electrons. The van der Waals surface area contributed by atoms with Gasteiger partial charge in [-0.1, -0.05) is 62.5 Å². The van der Waals surface area contributed by atoms with Gasteiger partial charge in [0.05, 0.1) is 11.1 Å². The van der Waals surface area contributed by atoms with Crippen molar-refractivity contribution >= 4 is 33.5 Å². The Bertz CT molecular complexity index is 1390. The number of phenolic OH excluding ortho intramolecular Hbond substituents is 2. The highest BCUT2D eigenvalue weighted by Crippen LogP contribution is 2.35. The van der Waals surface area contributed by atoms with E-state index in [2.05, 4.69) is 13.8 Å². The molecule has 4 aromatic carbocycles. The number of fused-ring (bicyclic) bond motifs is 2. The van der Waals surface area contributed by atoms with Crippen molar-refractivity contribution in [3.8, 4) is 23.0 Å². The molecule has 0 aliphatic carbocycles. The average molecular weight is 555 g/mol. The lowest BCUT2D eigenvalue weighted by molar-refractivity contribution is -0.267. The van der Waals surface area contributed by atoms with E-state index in [0.717, 1.165) is 61.8 Å². The van der Waals surface area contributed by atoms with Gasteiger partial charge in [0.15, 0.2) is 0 Å². The molecule has 12 N–H and O–H groups in total. The first-order valence-electron chi connectivity index (χ1n) is 12.5. The predicted molar refractivity (Wildman–Crippen MR) is 153 cm³/mol. The van der Waals surface area contributed by atoms with Gasteiger partial charge in [-0.2, -0.15) is 0 Å². The summed E-state index contributed by atoms with van der Waals surface area (Å²) in [7, 11) is 0. The molecule has 4 aromatic rings. The molecule has 0 heterocycles. The van der Waals surface area contributed by atoms with Crippen LogP contribution >= 0.6 is 0 Å². The minimum atomic E-state index is -1.32. The van der Waals surface area contributed by atoms with Crippen LogP contribution in [0.3, 0.4) is 0 Å². The summed E-state index contributed by atoms with van der Waals surface area (Å²) in [5.41, 5.74) is 1.27. The highest BCUT2D eigenvalue weighted by atomic mass is 16.4. The summed E-state index contributed by atoms with van der Waals surface area (Å²) >= 11 is 0. The first-order chi connectivity index (χ1) is 18.1. The highest BCUT2D eigenvalue weighted by Gasteiger charge is 2.12. The molecule has 0 aliphatic heterocycles. The molecule has 0 aromatic heterocycles. The summed E-state index contributed by atoms with van der Waals surface area (Å²) < 4.78 is 0. The largest absolute Gasteiger partial charge is 0.871 e. The van der Waals surface area contributed by atoms with Gasteiger partial charge in [-0.25, -0.2) is 9.59 Å². The fourth-order valence-electron chi connectivity index (χ4n) is 4.24. The van der Waals surface area contributed by atoms with E-state index in [1.54, 1.807) is 24.3 Å². The third kappa shape index (κ3) is 7.31. The van der Waals surface area contributed by atoms with Gasteiger partial charge < -0.3 is 42.9 Å². The number of hydrogen-bond donors (Lipinski definition) is 6. The quantitative estimate of drug-likeness (QED) is 0.149. The van der Waals surface area contributed by atoms with Crippen LogP contribution in [0.2, 0.25) is 0 Å². The predicted octanol–water partition coefficient (Wildman–Crippen LogP) is 6.07. The number of phenols is 2. The van der Waals surface area contributed by atoms with E-state index in [1.165, 1.54) is 0 Å². The lowest BCUT2D eigenvalue weighted by Crippen LogP contribution is -2.04. The van der Waals surface area contributed by atoms with E-state index in [0.29, 0.717) is 10.8 Å². The first-order valence-corrected chi connectivity index (χ1v) is 12.5. The number of carboxylic acid groups (broad SMARTS) is 2. The van der Waals surface area contributed by atoms with E-state index in [9.17, 15) is 30.0 Å². The molecule has 10 nitrogen and oxygen atoms in total. The second-order valence-electron chi connectivity index (χ2n) is 9.12. The number of aromatic hydroxyl groups is 2. The Morgan fingerprint density at radius 3 is 1.27 bits per heavy atom. The summed E-state index contributed by atoms with van der Waals surface area (Å²) in [6.07, 6.45) is 5.94. The molecule has 40 heavy (non-hydrogen) atoms. The van der Waals surface area contributed by atoms with E-state index < -0.39 is 34.6 Å². The van der Waals surface area contributed by atoms with Gasteiger partial charge in [-0.15, -0.1) is 0 Å². The third-order valence-corrected chi connectivity index (χ3v) is 6.36. The number of unbranched alkanes of at least 4 members (excludes halogenated alkanes) is 2. The SMILES string of the molecule is CCCCc1ccc2c([O-])c(C(=O)O)cc(O)c2c1.CCCCc1ccc2c([O-])c(C(=O)O)cc(O)c2c1.[NH4+].[NH4+]. The summed E-state index contributed by atoms with van der Waals surface area (Å²) in [6, 6.07) is 12.4. The Morgan fingerprint density at radius 2 is 0.975 bits per heavy atom.